The van der Waals surface area contributed by atoms with Crippen molar-refractivity contribution in [3.63, 3.8) is 0 Å². The fourth-order valence-corrected chi connectivity index (χ4v) is 5.00. The Morgan fingerprint density at radius 2 is 0.683 bits per heavy atom. The molecule has 4 rings (SSSR count). The first-order valence-corrected chi connectivity index (χ1v) is 13.4. The summed E-state index contributed by atoms with van der Waals surface area (Å²) in [5.74, 6) is 9.76. The third-order valence-corrected chi connectivity index (χ3v) is 7.59. The monoisotopic (exact) mass is 538 g/mol. The molecule has 0 unspecified atom stereocenters. The Morgan fingerprint density at radius 3 is 0.976 bits per heavy atom. The van der Waals surface area contributed by atoms with Crippen molar-refractivity contribution < 1.29 is 14.2 Å². The average Bonchev–Trinajstić information content (AvgIpc) is 3.02. The van der Waals surface area contributed by atoms with Gasteiger partial charge in [-0.25, -0.2) is 0 Å². The van der Waals surface area contributed by atoms with Crippen LogP contribution in [0.2, 0.25) is 0 Å². The van der Waals surface area contributed by atoms with Gasteiger partial charge in [0.05, 0.1) is 0 Å². The molecule has 0 aliphatic carbocycles. The van der Waals surface area contributed by atoms with Gasteiger partial charge in [0.2, 0.25) is 0 Å². The lowest BCUT2D eigenvalue weighted by atomic mass is 9.70. The summed E-state index contributed by atoms with van der Waals surface area (Å²) in [6, 6.07) is 33.2. The molecule has 0 spiro atoms. The Bertz CT molecular complexity index is 1490. The molecule has 0 saturated carbocycles. The highest BCUT2D eigenvalue weighted by atomic mass is 16.5. The molecule has 0 N–H and O–H groups in total. The highest BCUT2D eigenvalue weighted by molar-refractivity contribution is 5.53. The van der Waals surface area contributed by atoms with Crippen molar-refractivity contribution >= 4 is 0 Å². The van der Waals surface area contributed by atoms with Crippen LogP contribution in [0.15, 0.2) is 97.1 Å². The van der Waals surface area contributed by atoms with Crippen molar-refractivity contribution in [1.82, 2.24) is 0 Å². The van der Waals surface area contributed by atoms with E-state index in [-0.39, 0.29) is 25.2 Å². The quantitative estimate of drug-likeness (QED) is 0.147. The summed E-state index contributed by atoms with van der Waals surface area (Å²) < 4.78 is 16.8. The van der Waals surface area contributed by atoms with Crippen molar-refractivity contribution in [2.75, 3.05) is 19.8 Å². The second kappa shape index (κ2) is 12.9. The summed E-state index contributed by atoms with van der Waals surface area (Å²) in [6.45, 7) is 7.40. The molecule has 0 atom stereocenters. The minimum absolute atomic E-state index is 0.217. The zero-order chi connectivity index (χ0) is 29.3. The van der Waals surface area contributed by atoms with Gasteiger partial charge in [-0.1, -0.05) is 92.3 Å². The fraction of sp³-hybridized carbons (Fsp3) is 0.211. The smallest absolute Gasteiger partial charge is 0.148 e. The van der Waals surface area contributed by atoms with Gasteiger partial charge in [-0.3, -0.25) is 0 Å². The number of benzene rings is 4. The van der Waals surface area contributed by atoms with Crippen LogP contribution in [0.4, 0.5) is 0 Å². The summed E-state index contributed by atoms with van der Waals surface area (Å²) in [5.41, 5.74) is 5.13. The summed E-state index contributed by atoms with van der Waals surface area (Å²) in [5, 5.41) is 0. The molecule has 0 aliphatic heterocycles. The van der Waals surface area contributed by atoms with Crippen LogP contribution in [0.5, 0.6) is 17.2 Å². The van der Waals surface area contributed by atoms with Crippen molar-refractivity contribution in [1.29, 1.82) is 0 Å². The SMILES string of the molecule is C#CCOc1ccc(C(C)(C)c2ccc(C(C)(c3ccc(OCC#C)cc3)c3ccc(OCC#C)cc3)cc2)cc1. The fourth-order valence-electron chi connectivity index (χ4n) is 5.00. The van der Waals surface area contributed by atoms with Crippen LogP contribution >= 0.6 is 0 Å². The molecule has 3 heteroatoms. The highest BCUT2D eigenvalue weighted by Crippen LogP contribution is 2.41. The molecule has 0 bridgehead atoms. The van der Waals surface area contributed by atoms with Gasteiger partial charge in [0.1, 0.15) is 37.1 Å². The van der Waals surface area contributed by atoms with Gasteiger partial charge in [-0.2, -0.15) is 0 Å². The predicted molar refractivity (Wildman–Crippen MR) is 166 cm³/mol. The van der Waals surface area contributed by atoms with E-state index >= 15 is 0 Å². The first kappa shape index (κ1) is 29.0. The maximum atomic E-state index is 5.62. The zero-order valence-corrected chi connectivity index (χ0v) is 23.8. The van der Waals surface area contributed by atoms with Crippen molar-refractivity contribution in [2.24, 2.45) is 0 Å². The van der Waals surface area contributed by atoms with E-state index in [0.29, 0.717) is 0 Å². The number of terminal acetylenes is 3. The number of hydrogen-bond acceptors (Lipinski definition) is 3. The predicted octanol–water partition coefficient (Wildman–Crippen LogP) is 7.40. The van der Waals surface area contributed by atoms with E-state index in [9.17, 15) is 0 Å². The van der Waals surface area contributed by atoms with Crippen molar-refractivity contribution in [2.45, 2.75) is 31.6 Å². The number of ether oxygens (including phenoxy) is 3. The Labute approximate surface area is 244 Å². The molecule has 0 aliphatic rings. The average molecular weight is 539 g/mol. The normalized spacial score (nSPS) is 11.0. The molecular formula is C38H34O3. The first-order chi connectivity index (χ1) is 19.8. The molecule has 41 heavy (non-hydrogen) atoms. The second-order valence-electron chi connectivity index (χ2n) is 10.4. The van der Waals surface area contributed by atoms with E-state index in [0.717, 1.165) is 33.9 Å². The molecular weight excluding hydrogens is 504 g/mol. The van der Waals surface area contributed by atoms with E-state index in [1.54, 1.807) is 0 Å². The van der Waals surface area contributed by atoms with Crippen LogP contribution < -0.4 is 14.2 Å². The van der Waals surface area contributed by atoms with E-state index in [1.165, 1.54) is 11.1 Å². The van der Waals surface area contributed by atoms with E-state index in [4.69, 9.17) is 33.5 Å². The van der Waals surface area contributed by atoms with Crippen LogP contribution in [0.25, 0.3) is 0 Å². The molecule has 4 aromatic rings. The molecule has 0 radical (unpaired) electrons. The van der Waals surface area contributed by atoms with Crippen LogP contribution in [-0.2, 0) is 10.8 Å². The molecule has 3 nitrogen and oxygen atoms in total. The van der Waals surface area contributed by atoms with Gasteiger partial charge in [-0.15, -0.1) is 19.3 Å². The molecule has 4 aromatic carbocycles. The van der Waals surface area contributed by atoms with Crippen molar-refractivity contribution in [3.8, 4) is 54.3 Å². The number of rotatable bonds is 11. The van der Waals surface area contributed by atoms with E-state index in [1.807, 2.05) is 36.4 Å². The Morgan fingerprint density at radius 1 is 0.439 bits per heavy atom. The van der Waals surface area contributed by atoms with Gasteiger partial charge < -0.3 is 14.2 Å². The highest BCUT2D eigenvalue weighted by Gasteiger charge is 2.32. The summed E-state index contributed by atoms with van der Waals surface area (Å²) in [4.78, 5) is 0. The van der Waals surface area contributed by atoms with E-state index < -0.39 is 5.41 Å². The van der Waals surface area contributed by atoms with Crippen LogP contribution in [-0.4, -0.2) is 19.8 Å². The molecule has 204 valence electrons. The Kier molecular flexibility index (Phi) is 9.09. The molecule has 0 aromatic heterocycles. The summed E-state index contributed by atoms with van der Waals surface area (Å²) >= 11 is 0. The summed E-state index contributed by atoms with van der Waals surface area (Å²) in [6.07, 6.45) is 16.0. The standard InChI is InChI=1S/C38H34O3/c1-7-26-39-34-20-14-30(15-21-34)37(4,5)29-10-12-31(13-11-29)38(6,32-16-22-35(23-17-32)40-27-8-2)33-18-24-36(25-19-33)41-28-9-3/h1-3,10-25H,26-28H2,4-6H3. The van der Waals surface area contributed by atoms with Gasteiger partial charge in [0.25, 0.3) is 0 Å². The lowest BCUT2D eigenvalue weighted by Crippen LogP contribution is -2.26. The number of hydrogen-bond donors (Lipinski definition) is 0. The largest absolute Gasteiger partial charge is 0.481 e. The van der Waals surface area contributed by atoms with Crippen molar-refractivity contribution in [3.05, 3.63) is 125 Å². The summed E-state index contributed by atoms with van der Waals surface area (Å²) in [7, 11) is 0. The molecule has 0 saturated heterocycles. The van der Waals surface area contributed by atoms with Gasteiger partial charge in [-0.05, 0) is 71.1 Å². The zero-order valence-electron chi connectivity index (χ0n) is 23.8. The van der Waals surface area contributed by atoms with Crippen LogP contribution in [0.1, 0.15) is 48.6 Å². The maximum absolute atomic E-state index is 5.62. The lowest BCUT2D eigenvalue weighted by molar-refractivity contribution is 0.370. The third kappa shape index (κ3) is 6.41. The minimum atomic E-state index is -0.450. The van der Waals surface area contributed by atoms with Crippen LogP contribution in [0.3, 0.4) is 0 Å². The third-order valence-electron chi connectivity index (χ3n) is 7.59. The second-order valence-corrected chi connectivity index (χ2v) is 10.4. The lowest BCUT2D eigenvalue weighted by Gasteiger charge is -2.33. The topological polar surface area (TPSA) is 27.7 Å². The molecule has 0 heterocycles. The minimum Gasteiger partial charge on any atom is -0.481 e. The molecule has 0 amide bonds. The Balaban J connectivity index is 1.70. The Hall–Kier alpha value is -5.04. The van der Waals surface area contributed by atoms with Gasteiger partial charge >= 0.3 is 0 Å². The first-order valence-electron chi connectivity index (χ1n) is 13.4. The van der Waals surface area contributed by atoms with E-state index in [2.05, 4.69) is 99.2 Å². The molecule has 0 fully saturated rings. The maximum Gasteiger partial charge on any atom is 0.148 e. The van der Waals surface area contributed by atoms with Gasteiger partial charge in [0, 0.05) is 10.8 Å². The van der Waals surface area contributed by atoms with Gasteiger partial charge in [0.15, 0.2) is 0 Å². The van der Waals surface area contributed by atoms with Crippen LogP contribution in [0, 0.1) is 37.0 Å².